The molecule has 2 atom stereocenters. The van der Waals surface area contributed by atoms with Gasteiger partial charge in [-0.25, -0.2) is 0 Å². The molecule has 0 saturated carbocycles. The minimum atomic E-state index is -0.237. The van der Waals surface area contributed by atoms with Crippen molar-refractivity contribution in [2.45, 2.75) is 77.6 Å². The third-order valence-electron chi connectivity index (χ3n) is 4.33. The van der Waals surface area contributed by atoms with Crippen LogP contribution in [0.5, 0.6) is 5.75 Å². The fourth-order valence-electron chi connectivity index (χ4n) is 2.97. The average molecular weight is 276 g/mol. The molecule has 2 rings (SSSR count). The van der Waals surface area contributed by atoms with Crippen molar-refractivity contribution in [2.24, 2.45) is 0 Å². The minimum absolute atomic E-state index is 0.104. The SMILES string of the molecule is CCC(C)c1ccc(OC2CC(C)(C)OC2(C)C)cc1. The number of benzene rings is 1. The smallest absolute Gasteiger partial charge is 0.130 e. The number of rotatable bonds is 4. The van der Waals surface area contributed by atoms with Crippen molar-refractivity contribution in [3.8, 4) is 5.75 Å². The average Bonchev–Trinajstić information content (AvgIpc) is 2.57. The molecular formula is C18H28O2. The lowest BCUT2D eigenvalue weighted by atomic mass is 9.96. The van der Waals surface area contributed by atoms with E-state index >= 15 is 0 Å². The first-order chi connectivity index (χ1) is 9.23. The van der Waals surface area contributed by atoms with Crippen LogP contribution in [0, 0.1) is 0 Å². The summed E-state index contributed by atoms with van der Waals surface area (Å²) in [7, 11) is 0. The molecule has 2 unspecified atom stereocenters. The predicted octanol–water partition coefficient (Wildman–Crippen LogP) is 4.93. The second-order valence-corrected chi connectivity index (χ2v) is 7.15. The van der Waals surface area contributed by atoms with Crippen LogP contribution in [-0.2, 0) is 4.74 Å². The summed E-state index contributed by atoms with van der Waals surface area (Å²) in [5, 5.41) is 0. The fraction of sp³-hybridized carbons (Fsp3) is 0.667. The minimum Gasteiger partial charge on any atom is -0.487 e. The van der Waals surface area contributed by atoms with Crippen LogP contribution in [0.25, 0.3) is 0 Å². The van der Waals surface area contributed by atoms with Gasteiger partial charge in [0.25, 0.3) is 0 Å². The second kappa shape index (κ2) is 5.40. The second-order valence-electron chi connectivity index (χ2n) is 7.15. The molecule has 2 nitrogen and oxygen atoms in total. The lowest BCUT2D eigenvalue weighted by molar-refractivity contribution is -0.0846. The highest BCUT2D eigenvalue weighted by atomic mass is 16.6. The van der Waals surface area contributed by atoms with E-state index in [1.165, 1.54) is 5.56 Å². The van der Waals surface area contributed by atoms with E-state index in [4.69, 9.17) is 9.47 Å². The molecule has 0 radical (unpaired) electrons. The van der Waals surface area contributed by atoms with Crippen molar-refractivity contribution in [3.63, 3.8) is 0 Å². The maximum absolute atomic E-state index is 6.17. The summed E-state index contributed by atoms with van der Waals surface area (Å²) in [5.74, 6) is 1.55. The maximum atomic E-state index is 6.17. The van der Waals surface area contributed by atoms with Crippen molar-refractivity contribution in [1.82, 2.24) is 0 Å². The van der Waals surface area contributed by atoms with E-state index in [0.29, 0.717) is 5.92 Å². The van der Waals surface area contributed by atoms with Crippen molar-refractivity contribution >= 4 is 0 Å². The van der Waals surface area contributed by atoms with Gasteiger partial charge in [-0.2, -0.15) is 0 Å². The van der Waals surface area contributed by atoms with Crippen LogP contribution in [-0.4, -0.2) is 17.3 Å². The molecule has 20 heavy (non-hydrogen) atoms. The van der Waals surface area contributed by atoms with Crippen LogP contribution in [0.1, 0.15) is 65.9 Å². The van der Waals surface area contributed by atoms with Crippen molar-refractivity contribution in [3.05, 3.63) is 29.8 Å². The van der Waals surface area contributed by atoms with Gasteiger partial charge in [0.1, 0.15) is 17.5 Å². The van der Waals surface area contributed by atoms with E-state index in [0.717, 1.165) is 18.6 Å². The topological polar surface area (TPSA) is 18.5 Å². The Morgan fingerprint density at radius 3 is 2.25 bits per heavy atom. The van der Waals surface area contributed by atoms with Gasteiger partial charge in [0.2, 0.25) is 0 Å². The van der Waals surface area contributed by atoms with E-state index in [2.05, 4.69) is 65.8 Å². The highest BCUT2D eigenvalue weighted by Gasteiger charge is 2.47. The summed E-state index contributed by atoms with van der Waals surface area (Å²) in [6.45, 7) is 13.0. The van der Waals surface area contributed by atoms with Crippen LogP contribution in [0.3, 0.4) is 0 Å². The normalized spacial score (nSPS) is 25.4. The lowest BCUT2D eigenvalue weighted by Gasteiger charge is -2.27. The zero-order valence-electron chi connectivity index (χ0n) is 13.7. The Bertz CT molecular complexity index is 445. The zero-order valence-corrected chi connectivity index (χ0v) is 13.7. The fourth-order valence-corrected chi connectivity index (χ4v) is 2.97. The molecule has 0 amide bonds. The zero-order chi connectivity index (χ0) is 15.0. The third-order valence-corrected chi connectivity index (χ3v) is 4.33. The molecule has 1 aromatic carbocycles. The van der Waals surface area contributed by atoms with Gasteiger partial charge in [-0.05, 0) is 57.7 Å². The van der Waals surface area contributed by atoms with Crippen molar-refractivity contribution in [1.29, 1.82) is 0 Å². The first-order valence-corrected chi connectivity index (χ1v) is 7.70. The number of hydrogen-bond donors (Lipinski definition) is 0. The maximum Gasteiger partial charge on any atom is 0.130 e. The molecule has 0 aromatic heterocycles. The monoisotopic (exact) mass is 276 g/mol. The van der Waals surface area contributed by atoms with Gasteiger partial charge < -0.3 is 9.47 Å². The molecule has 0 aliphatic carbocycles. The molecule has 1 aliphatic heterocycles. The summed E-state index contributed by atoms with van der Waals surface area (Å²) < 4.78 is 12.2. The van der Waals surface area contributed by atoms with E-state index in [9.17, 15) is 0 Å². The summed E-state index contributed by atoms with van der Waals surface area (Å²) in [5.41, 5.74) is 1.03. The Morgan fingerprint density at radius 1 is 1.20 bits per heavy atom. The van der Waals surface area contributed by atoms with Gasteiger partial charge in [0.15, 0.2) is 0 Å². The Labute approximate surface area is 123 Å². The van der Waals surface area contributed by atoms with Crippen LogP contribution < -0.4 is 4.74 Å². The Balaban J connectivity index is 2.07. The lowest BCUT2D eigenvalue weighted by Crippen LogP contribution is -2.36. The molecule has 2 heteroatoms. The van der Waals surface area contributed by atoms with Crippen LogP contribution in [0.4, 0.5) is 0 Å². The molecule has 0 spiro atoms. The largest absolute Gasteiger partial charge is 0.487 e. The highest BCUT2D eigenvalue weighted by Crippen LogP contribution is 2.39. The number of ether oxygens (including phenoxy) is 2. The highest BCUT2D eigenvalue weighted by molar-refractivity contribution is 5.29. The molecule has 0 N–H and O–H groups in total. The van der Waals surface area contributed by atoms with Gasteiger partial charge in [-0.3, -0.25) is 0 Å². The van der Waals surface area contributed by atoms with Crippen LogP contribution >= 0.6 is 0 Å². The molecule has 1 aromatic rings. The molecule has 1 saturated heterocycles. The predicted molar refractivity (Wildman–Crippen MR) is 83.4 cm³/mol. The molecule has 1 aliphatic rings. The Morgan fingerprint density at radius 2 is 1.80 bits per heavy atom. The quantitative estimate of drug-likeness (QED) is 0.776. The third kappa shape index (κ3) is 3.35. The van der Waals surface area contributed by atoms with Crippen LogP contribution in [0.15, 0.2) is 24.3 Å². The molecule has 0 bridgehead atoms. The first kappa shape index (κ1) is 15.4. The molecule has 1 fully saturated rings. The van der Waals surface area contributed by atoms with Gasteiger partial charge >= 0.3 is 0 Å². The first-order valence-electron chi connectivity index (χ1n) is 7.70. The van der Waals surface area contributed by atoms with Gasteiger partial charge in [0.05, 0.1) is 5.60 Å². The van der Waals surface area contributed by atoms with Gasteiger partial charge in [-0.15, -0.1) is 0 Å². The van der Waals surface area contributed by atoms with Crippen molar-refractivity contribution < 1.29 is 9.47 Å². The molecule has 1 heterocycles. The summed E-state index contributed by atoms with van der Waals surface area (Å²) in [6, 6.07) is 8.53. The van der Waals surface area contributed by atoms with Crippen LogP contribution in [0.2, 0.25) is 0 Å². The summed E-state index contributed by atoms with van der Waals surface area (Å²) in [4.78, 5) is 0. The number of hydrogen-bond acceptors (Lipinski definition) is 2. The Hall–Kier alpha value is -1.02. The van der Waals surface area contributed by atoms with E-state index in [-0.39, 0.29) is 17.3 Å². The van der Waals surface area contributed by atoms with Gasteiger partial charge in [0, 0.05) is 6.42 Å². The summed E-state index contributed by atoms with van der Waals surface area (Å²) in [6.07, 6.45) is 2.19. The standard InChI is InChI=1S/C18H28O2/c1-7-13(2)14-8-10-15(11-9-14)19-16-12-17(3,4)20-18(16,5)6/h8-11,13,16H,7,12H2,1-6H3. The van der Waals surface area contributed by atoms with E-state index in [1.54, 1.807) is 0 Å². The Kier molecular flexibility index (Phi) is 4.15. The van der Waals surface area contributed by atoms with Gasteiger partial charge in [-0.1, -0.05) is 26.0 Å². The summed E-state index contributed by atoms with van der Waals surface area (Å²) >= 11 is 0. The van der Waals surface area contributed by atoms with E-state index < -0.39 is 0 Å². The molecular weight excluding hydrogens is 248 g/mol. The van der Waals surface area contributed by atoms with E-state index in [1.807, 2.05) is 0 Å². The van der Waals surface area contributed by atoms with Crippen molar-refractivity contribution in [2.75, 3.05) is 0 Å². The molecule has 112 valence electrons.